The predicted molar refractivity (Wildman–Crippen MR) is 143 cm³/mol. The number of rotatable bonds is 9. The summed E-state index contributed by atoms with van der Waals surface area (Å²) in [6, 6.07) is 18.3. The number of anilines is 1. The van der Waals surface area contributed by atoms with Crippen LogP contribution < -0.4 is 10.6 Å². The molecule has 0 aromatic heterocycles. The summed E-state index contributed by atoms with van der Waals surface area (Å²) in [5, 5.41) is 6.57. The third kappa shape index (κ3) is 7.38. The van der Waals surface area contributed by atoms with Crippen LogP contribution in [0.5, 0.6) is 0 Å². The molecule has 0 bridgehead atoms. The number of nitrogens with one attached hydrogen (secondary N) is 2. The van der Waals surface area contributed by atoms with E-state index in [2.05, 4.69) is 10.6 Å². The van der Waals surface area contributed by atoms with Crippen LogP contribution in [0.15, 0.2) is 71.6 Å². The quantitative estimate of drug-likeness (QED) is 0.391. The van der Waals surface area contributed by atoms with Gasteiger partial charge < -0.3 is 15.4 Å². The molecule has 3 aromatic rings. The number of sulfone groups is 1. The van der Waals surface area contributed by atoms with Crippen LogP contribution in [0, 0.1) is 12.4 Å². The summed E-state index contributed by atoms with van der Waals surface area (Å²) in [6.45, 7) is 3.00. The highest BCUT2D eigenvalue weighted by molar-refractivity contribution is 7.90. The zero-order valence-corrected chi connectivity index (χ0v) is 22.0. The lowest BCUT2D eigenvalue weighted by Gasteiger charge is -2.24. The molecule has 1 heterocycles. The monoisotopic (exact) mass is 543 g/mol. The highest BCUT2D eigenvalue weighted by Crippen LogP contribution is 2.31. The minimum absolute atomic E-state index is 0.0241. The van der Waals surface area contributed by atoms with Crippen molar-refractivity contribution in [3.8, 4) is 0 Å². The van der Waals surface area contributed by atoms with E-state index in [4.69, 9.17) is 16.3 Å². The summed E-state index contributed by atoms with van der Waals surface area (Å²) in [5.41, 5.74) is 2.33. The SMILES string of the molecule is CS(=O)(=O)c1cccc([C@@H](CC(=O)Nc2cccc(F)c2CC[C@@H]2CN[CH]CO2)c2ccc(Cl)cc2)c1. The van der Waals surface area contributed by atoms with E-state index in [1.807, 2.05) is 18.7 Å². The second-order valence-corrected chi connectivity index (χ2v) is 11.5. The molecule has 9 heteroatoms. The number of benzene rings is 3. The maximum absolute atomic E-state index is 14.8. The maximum Gasteiger partial charge on any atom is 0.225 e. The first kappa shape index (κ1) is 27.3. The average Bonchev–Trinajstić information content (AvgIpc) is 2.88. The van der Waals surface area contributed by atoms with Crippen molar-refractivity contribution in [2.45, 2.75) is 36.2 Å². The second kappa shape index (κ2) is 12.2. The van der Waals surface area contributed by atoms with Gasteiger partial charge in [0.1, 0.15) is 5.82 Å². The molecular weight excluding hydrogens is 515 g/mol. The molecule has 0 spiro atoms. The molecule has 0 saturated carbocycles. The van der Waals surface area contributed by atoms with Crippen LogP contribution >= 0.6 is 11.6 Å². The smallest absolute Gasteiger partial charge is 0.225 e. The molecular formula is C28H29ClFN2O4S. The number of amides is 1. The van der Waals surface area contributed by atoms with E-state index in [1.54, 1.807) is 42.5 Å². The van der Waals surface area contributed by atoms with Crippen LogP contribution in [-0.2, 0) is 25.8 Å². The first-order valence-corrected chi connectivity index (χ1v) is 14.3. The highest BCUT2D eigenvalue weighted by Gasteiger charge is 2.22. The van der Waals surface area contributed by atoms with Gasteiger partial charge in [-0.1, -0.05) is 41.9 Å². The van der Waals surface area contributed by atoms with Crippen LogP contribution in [0.1, 0.15) is 35.4 Å². The summed E-state index contributed by atoms with van der Waals surface area (Å²) in [6.07, 6.45) is 2.15. The molecule has 2 atom stereocenters. The van der Waals surface area contributed by atoms with Crippen LogP contribution in [0.2, 0.25) is 5.02 Å². The van der Waals surface area contributed by atoms with Crippen LogP contribution in [-0.4, -0.2) is 39.8 Å². The standard InChI is InChI=1S/C28H29ClFN2O4S/c1-37(34,35)23-5-2-4-20(16-23)25(19-8-10-21(29)11-9-19)17-28(33)32-27-7-3-6-26(30)24(27)13-12-22-18-31-14-15-36-22/h2-11,14,16,22,25,31H,12-13,15,17-18H2,1H3,(H,32,33)/t22-,25+/m1/s1. The average molecular weight is 544 g/mol. The zero-order valence-electron chi connectivity index (χ0n) is 20.4. The lowest BCUT2D eigenvalue weighted by Crippen LogP contribution is -2.35. The molecule has 4 rings (SSSR count). The normalized spacial score (nSPS) is 16.8. The van der Waals surface area contributed by atoms with Gasteiger partial charge in [0.25, 0.3) is 0 Å². The third-order valence-electron chi connectivity index (χ3n) is 6.36. The summed E-state index contributed by atoms with van der Waals surface area (Å²) in [5.74, 6) is -1.14. The Kier molecular flexibility index (Phi) is 8.97. The first-order chi connectivity index (χ1) is 17.7. The largest absolute Gasteiger partial charge is 0.375 e. The minimum atomic E-state index is -3.43. The number of morpholine rings is 1. The third-order valence-corrected chi connectivity index (χ3v) is 7.73. The van der Waals surface area contributed by atoms with Crippen LogP contribution in [0.25, 0.3) is 0 Å². The lowest BCUT2D eigenvalue weighted by atomic mass is 9.88. The minimum Gasteiger partial charge on any atom is -0.375 e. The number of halogens is 2. The molecule has 6 nitrogen and oxygen atoms in total. The summed E-state index contributed by atoms with van der Waals surface area (Å²) >= 11 is 6.07. The van der Waals surface area contributed by atoms with E-state index in [1.165, 1.54) is 12.1 Å². The highest BCUT2D eigenvalue weighted by atomic mass is 35.5. The van der Waals surface area contributed by atoms with Gasteiger partial charge in [-0.2, -0.15) is 0 Å². The molecule has 0 aliphatic carbocycles. The Morgan fingerprint density at radius 3 is 2.59 bits per heavy atom. The van der Waals surface area contributed by atoms with Crippen molar-refractivity contribution < 1.29 is 22.3 Å². The van der Waals surface area contributed by atoms with Crippen molar-refractivity contribution in [1.29, 1.82) is 0 Å². The fourth-order valence-corrected chi connectivity index (χ4v) is 5.21. The van der Waals surface area contributed by atoms with Crippen molar-refractivity contribution in [2.75, 3.05) is 24.7 Å². The summed E-state index contributed by atoms with van der Waals surface area (Å²) < 4.78 is 44.7. The molecule has 1 saturated heterocycles. The molecule has 1 radical (unpaired) electrons. The molecule has 37 heavy (non-hydrogen) atoms. The fraction of sp³-hybridized carbons (Fsp3) is 0.286. The summed E-state index contributed by atoms with van der Waals surface area (Å²) in [4.78, 5) is 13.4. The van der Waals surface area contributed by atoms with Gasteiger partial charge in [-0.3, -0.25) is 4.79 Å². The van der Waals surface area contributed by atoms with E-state index >= 15 is 0 Å². The molecule has 1 amide bonds. The first-order valence-electron chi connectivity index (χ1n) is 12.0. The molecule has 1 aliphatic heterocycles. The van der Waals surface area contributed by atoms with Crippen molar-refractivity contribution in [2.24, 2.45) is 0 Å². The Hall–Kier alpha value is -2.78. The molecule has 1 fully saturated rings. The Bertz CT molecular complexity index is 1340. The lowest BCUT2D eigenvalue weighted by molar-refractivity contribution is -0.116. The Balaban J connectivity index is 1.56. The number of carbonyl (C=O) groups is 1. The van der Waals surface area contributed by atoms with Gasteiger partial charge in [0.2, 0.25) is 5.91 Å². The van der Waals surface area contributed by atoms with Crippen molar-refractivity contribution in [3.63, 3.8) is 0 Å². The molecule has 2 N–H and O–H groups in total. The second-order valence-electron chi connectivity index (χ2n) is 9.07. The molecule has 3 aromatic carbocycles. The van der Waals surface area contributed by atoms with Gasteiger partial charge in [-0.25, -0.2) is 12.8 Å². The van der Waals surface area contributed by atoms with Crippen molar-refractivity contribution in [3.05, 3.63) is 101 Å². The van der Waals surface area contributed by atoms with Gasteiger partial charge in [0.15, 0.2) is 9.84 Å². The number of hydrogen-bond acceptors (Lipinski definition) is 5. The Labute approximate surface area is 222 Å². The van der Waals surface area contributed by atoms with E-state index in [-0.39, 0.29) is 29.1 Å². The zero-order chi connectivity index (χ0) is 26.4. The molecule has 195 valence electrons. The van der Waals surface area contributed by atoms with E-state index in [0.717, 1.165) is 11.8 Å². The van der Waals surface area contributed by atoms with Gasteiger partial charge >= 0.3 is 0 Å². The van der Waals surface area contributed by atoms with Crippen molar-refractivity contribution >= 4 is 33.0 Å². The maximum atomic E-state index is 14.8. The van der Waals surface area contributed by atoms with Crippen molar-refractivity contribution in [1.82, 2.24) is 5.32 Å². The van der Waals surface area contributed by atoms with E-state index < -0.39 is 15.8 Å². The molecule has 1 aliphatic rings. The van der Waals surface area contributed by atoms with E-state index in [9.17, 15) is 17.6 Å². The van der Waals surface area contributed by atoms with Crippen LogP contribution in [0.4, 0.5) is 10.1 Å². The fourth-order valence-electron chi connectivity index (χ4n) is 4.41. The van der Waals surface area contributed by atoms with Gasteiger partial charge in [-0.15, -0.1) is 0 Å². The number of hydrogen-bond donors (Lipinski definition) is 2. The number of ether oxygens (including phenoxy) is 1. The summed E-state index contributed by atoms with van der Waals surface area (Å²) in [7, 11) is -3.43. The van der Waals surface area contributed by atoms with Crippen LogP contribution in [0.3, 0.4) is 0 Å². The van der Waals surface area contributed by atoms with Gasteiger partial charge in [0, 0.05) is 48.0 Å². The van der Waals surface area contributed by atoms with Gasteiger partial charge in [-0.05, 0) is 60.4 Å². The van der Waals surface area contributed by atoms with E-state index in [0.29, 0.717) is 47.8 Å². The molecule has 0 unspecified atom stereocenters. The van der Waals surface area contributed by atoms with Gasteiger partial charge in [0.05, 0.1) is 17.6 Å². The number of carbonyl (C=O) groups excluding carboxylic acids is 1. The predicted octanol–water partition coefficient (Wildman–Crippen LogP) is 5.13. The topological polar surface area (TPSA) is 84.5 Å². The Morgan fingerprint density at radius 2 is 1.89 bits per heavy atom. The Morgan fingerprint density at radius 1 is 1.14 bits per heavy atom.